The molecule has 2 atom stereocenters. The van der Waals surface area contributed by atoms with Crippen LogP contribution in [0.4, 0.5) is 10.2 Å². The number of nitrogens with one attached hydrogen (secondary N) is 2. The van der Waals surface area contributed by atoms with Gasteiger partial charge in [0.05, 0.1) is 5.56 Å². The van der Waals surface area contributed by atoms with Crippen LogP contribution in [0.3, 0.4) is 0 Å². The van der Waals surface area contributed by atoms with E-state index in [0.29, 0.717) is 0 Å². The van der Waals surface area contributed by atoms with E-state index in [-0.39, 0.29) is 23.2 Å². The zero-order valence-electron chi connectivity index (χ0n) is 10.1. The molecule has 0 aliphatic heterocycles. The van der Waals surface area contributed by atoms with Crippen LogP contribution in [-0.2, 0) is 10.8 Å². The lowest BCUT2D eigenvalue weighted by Gasteiger charge is -2.11. The number of nitrogens with zero attached hydrogens (tertiary/aromatic N) is 1. The van der Waals surface area contributed by atoms with E-state index in [1.807, 2.05) is 0 Å². The van der Waals surface area contributed by atoms with Gasteiger partial charge in [0.1, 0.15) is 0 Å². The fourth-order valence-corrected chi connectivity index (χ4v) is 1.49. The van der Waals surface area contributed by atoms with E-state index in [1.54, 1.807) is 13.2 Å². The number of hydrogen-bond acceptors (Lipinski definition) is 5. The smallest absolute Gasteiger partial charge is 0.254 e. The summed E-state index contributed by atoms with van der Waals surface area (Å²) in [6, 6.07) is 1.25. The third kappa shape index (κ3) is 3.47. The molecule has 1 rings (SSSR count). The molecule has 0 bridgehead atoms. The first-order chi connectivity index (χ1) is 8.47. The van der Waals surface area contributed by atoms with Crippen LogP contribution in [-0.4, -0.2) is 33.2 Å². The van der Waals surface area contributed by atoms with Gasteiger partial charge >= 0.3 is 0 Å². The van der Waals surface area contributed by atoms with Gasteiger partial charge in [-0.25, -0.2) is 15.2 Å². The van der Waals surface area contributed by atoms with Gasteiger partial charge in [0.2, 0.25) is 0 Å². The summed E-state index contributed by atoms with van der Waals surface area (Å²) in [7, 11) is -1.05. The van der Waals surface area contributed by atoms with Crippen molar-refractivity contribution < 1.29 is 13.4 Å². The van der Waals surface area contributed by atoms with E-state index in [2.05, 4.69) is 15.7 Å². The minimum Gasteiger partial charge on any atom is -0.351 e. The summed E-state index contributed by atoms with van der Waals surface area (Å²) in [5, 5.41) is 2.30. The Morgan fingerprint density at radius 3 is 2.89 bits per heavy atom. The molecular weight excluding hydrogens is 259 g/mol. The van der Waals surface area contributed by atoms with Crippen molar-refractivity contribution in [3.05, 3.63) is 23.6 Å². The number of aromatic nitrogens is 1. The fraction of sp³-hybridized carbons (Fsp3) is 0.400. The van der Waals surface area contributed by atoms with Crippen molar-refractivity contribution in [2.24, 2.45) is 5.84 Å². The second kappa shape index (κ2) is 6.41. The zero-order valence-corrected chi connectivity index (χ0v) is 10.9. The highest BCUT2D eigenvalue weighted by molar-refractivity contribution is 7.84. The lowest BCUT2D eigenvalue weighted by molar-refractivity contribution is 0.0950. The second-order valence-electron chi connectivity index (χ2n) is 3.68. The summed E-state index contributed by atoms with van der Waals surface area (Å²) < 4.78 is 24.8. The molecule has 1 aromatic heterocycles. The van der Waals surface area contributed by atoms with Crippen molar-refractivity contribution >= 4 is 22.5 Å². The number of nitrogens with two attached hydrogens (primary N) is 1. The van der Waals surface area contributed by atoms with Crippen molar-refractivity contribution in [3.8, 4) is 0 Å². The van der Waals surface area contributed by atoms with E-state index in [4.69, 9.17) is 5.84 Å². The van der Waals surface area contributed by atoms with Crippen molar-refractivity contribution in [2.45, 2.75) is 12.2 Å². The van der Waals surface area contributed by atoms with Gasteiger partial charge in [-0.1, -0.05) is 0 Å². The minimum atomic E-state index is -1.05. The van der Waals surface area contributed by atoms with E-state index in [1.165, 1.54) is 12.3 Å². The molecule has 18 heavy (non-hydrogen) atoms. The number of nitrogen functional groups attached to an aromatic ring is 1. The van der Waals surface area contributed by atoms with Gasteiger partial charge in [-0.15, -0.1) is 0 Å². The number of pyridine rings is 1. The molecule has 0 aliphatic carbocycles. The molecule has 0 saturated carbocycles. The van der Waals surface area contributed by atoms with Crippen LogP contribution in [0.2, 0.25) is 0 Å². The van der Waals surface area contributed by atoms with Gasteiger partial charge in [0, 0.05) is 35.0 Å². The number of carbonyl (C=O) groups is 1. The molecular formula is C10H15FN4O2S. The molecule has 0 saturated heterocycles. The number of anilines is 1. The summed E-state index contributed by atoms with van der Waals surface area (Å²) >= 11 is 0. The highest BCUT2D eigenvalue weighted by Gasteiger charge is 2.16. The maximum absolute atomic E-state index is 13.7. The fourth-order valence-electron chi connectivity index (χ4n) is 1.17. The monoisotopic (exact) mass is 274 g/mol. The van der Waals surface area contributed by atoms with Crippen LogP contribution < -0.4 is 16.6 Å². The summed E-state index contributed by atoms with van der Waals surface area (Å²) in [4.78, 5) is 15.3. The van der Waals surface area contributed by atoms with Gasteiger partial charge in [-0.05, 0) is 13.0 Å². The topological polar surface area (TPSA) is 97.1 Å². The third-order valence-electron chi connectivity index (χ3n) is 2.39. The van der Waals surface area contributed by atoms with Crippen LogP contribution in [0.5, 0.6) is 0 Å². The maximum Gasteiger partial charge on any atom is 0.254 e. The first kappa shape index (κ1) is 14.5. The van der Waals surface area contributed by atoms with E-state index < -0.39 is 22.5 Å². The van der Waals surface area contributed by atoms with Gasteiger partial charge in [-0.2, -0.15) is 0 Å². The summed E-state index contributed by atoms with van der Waals surface area (Å²) in [5.74, 6) is 3.45. The Bertz CT molecular complexity index is 469. The molecule has 0 radical (unpaired) electrons. The molecule has 4 N–H and O–H groups in total. The predicted molar refractivity (Wildman–Crippen MR) is 67.9 cm³/mol. The molecule has 100 valence electrons. The Morgan fingerprint density at radius 1 is 1.67 bits per heavy atom. The number of hydrogen-bond donors (Lipinski definition) is 3. The van der Waals surface area contributed by atoms with Crippen molar-refractivity contribution in [1.29, 1.82) is 0 Å². The molecule has 6 nitrogen and oxygen atoms in total. The highest BCUT2D eigenvalue weighted by Crippen LogP contribution is 2.13. The predicted octanol–water partition coefficient (Wildman–Crippen LogP) is 0.00310. The van der Waals surface area contributed by atoms with E-state index in [0.717, 1.165) is 0 Å². The first-order valence-corrected chi connectivity index (χ1v) is 6.81. The molecule has 8 heteroatoms. The van der Waals surface area contributed by atoms with Crippen LogP contribution >= 0.6 is 0 Å². The molecule has 1 aromatic rings. The van der Waals surface area contributed by atoms with Crippen LogP contribution in [0.1, 0.15) is 17.3 Å². The van der Waals surface area contributed by atoms with Gasteiger partial charge < -0.3 is 10.7 Å². The highest BCUT2D eigenvalue weighted by atomic mass is 32.2. The Morgan fingerprint density at radius 2 is 2.33 bits per heavy atom. The number of halogens is 1. The minimum absolute atomic E-state index is 0.160. The summed E-state index contributed by atoms with van der Waals surface area (Å²) in [5.41, 5.74) is 1.90. The number of rotatable bonds is 5. The lowest BCUT2D eigenvalue weighted by Crippen LogP contribution is -2.33. The van der Waals surface area contributed by atoms with Gasteiger partial charge in [-0.3, -0.25) is 9.00 Å². The number of carbonyl (C=O) groups excluding carboxylic acids is 1. The largest absolute Gasteiger partial charge is 0.351 e. The van der Waals surface area contributed by atoms with E-state index in [9.17, 15) is 13.4 Å². The Kier molecular flexibility index (Phi) is 5.17. The van der Waals surface area contributed by atoms with Crippen LogP contribution in [0, 0.1) is 5.82 Å². The van der Waals surface area contributed by atoms with Crippen molar-refractivity contribution in [2.75, 3.05) is 18.2 Å². The quantitative estimate of drug-likeness (QED) is 0.519. The average molecular weight is 274 g/mol. The normalized spacial score (nSPS) is 13.8. The second-order valence-corrected chi connectivity index (χ2v) is 5.49. The van der Waals surface area contributed by atoms with Crippen molar-refractivity contribution in [1.82, 2.24) is 10.3 Å². The average Bonchev–Trinajstić information content (AvgIpc) is 2.35. The standard InChI is InChI=1S/C10H15FN4O2S/c1-6(18(2)17)5-14-10(16)7-3-4-13-9(15-12)8(7)11/h3-4,6H,5,12H2,1-2H3,(H,13,15)(H,14,16). The Balaban J connectivity index is 2.76. The Labute approximate surface area is 107 Å². The first-order valence-electron chi connectivity index (χ1n) is 5.19. The molecule has 2 unspecified atom stereocenters. The molecule has 1 amide bonds. The van der Waals surface area contributed by atoms with Crippen LogP contribution in [0.15, 0.2) is 12.3 Å². The number of hydrazine groups is 1. The molecule has 1 heterocycles. The molecule has 0 aromatic carbocycles. The summed E-state index contributed by atoms with van der Waals surface area (Å²) in [6.07, 6.45) is 2.81. The third-order valence-corrected chi connectivity index (χ3v) is 3.69. The van der Waals surface area contributed by atoms with Crippen LogP contribution in [0.25, 0.3) is 0 Å². The molecule has 0 spiro atoms. The van der Waals surface area contributed by atoms with Gasteiger partial charge in [0.25, 0.3) is 5.91 Å². The maximum atomic E-state index is 13.7. The lowest BCUT2D eigenvalue weighted by atomic mass is 10.2. The zero-order chi connectivity index (χ0) is 13.7. The number of amides is 1. The molecule has 0 fully saturated rings. The van der Waals surface area contributed by atoms with Gasteiger partial charge in [0.15, 0.2) is 11.6 Å². The molecule has 0 aliphatic rings. The summed E-state index contributed by atoms with van der Waals surface area (Å²) in [6.45, 7) is 1.93. The van der Waals surface area contributed by atoms with Crippen molar-refractivity contribution in [3.63, 3.8) is 0 Å². The Hall–Kier alpha value is -1.54. The SMILES string of the molecule is CC(CNC(=O)c1ccnc(NN)c1F)S(C)=O. The van der Waals surface area contributed by atoms with E-state index >= 15 is 0 Å².